The van der Waals surface area contributed by atoms with E-state index in [9.17, 15) is 13.2 Å². The molecule has 1 aliphatic heterocycles. The molecule has 0 amide bonds. The highest BCUT2D eigenvalue weighted by Crippen LogP contribution is 2.31. The normalized spacial score (nSPS) is 18.3. The minimum absolute atomic E-state index is 0.418. The Morgan fingerprint density at radius 1 is 1.12 bits per heavy atom. The molecule has 1 aromatic carbocycles. The number of hydrogen-bond acceptors (Lipinski definition) is 1. The van der Waals surface area contributed by atoms with Crippen LogP contribution in [-0.2, 0) is 12.7 Å². The van der Waals surface area contributed by atoms with Gasteiger partial charge in [0.15, 0.2) is 0 Å². The van der Waals surface area contributed by atoms with Crippen LogP contribution in [0.1, 0.15) is 11.1 Å². The molecule has 0 aromatic heterocycles. The van der Waals surface area contributed by atoms with Crippen molar-refractivity contribution in [3.63, 3.8) is 0 Å². The zero-order chi connectivity index (χ0) is 12.3. The molecule has 1 nitrogen and oxygen atoms in total. The fraction of sp³-hybridized carbons (Fsp3) is 0.500. The van der Waals surface area contributed by atoms with Crippen LogP contribution in [0.5, 0.6) is 0 Å². The highest BCUT2D eigenvalue weighted by atomic mass is 32.2. The summed E-state index contributed by atoms with van der Waals surface area (Å²) < 4.78 is 38.4. The summed E-state index contributed by atoms with van der Waals surface area (Å²) >= 11 is 1.88. The molecule has 5 heteroatoms. The van der Waals surface area contributed by atoms with Crippen LogP contribution in [0.25, 0.3) is 0 Å². The summed E-state index contributed by atoms with van der Waals surface area (Å²) in [5.41, 5.74) is -0.0624. The second-order valence-electron chi connectivity index (χ2n) is 4.19. The van der Waals surface area contributed by atoms with Gasteiger partial charge in [-0.3, -0.25) is 0 Å². The third kappa shape index (κ3) is 3.39. The van der Waals surface area contributed by atoms with E-state index in [0.29, 0.717) is 12.1 Å². The number of rotatable bonds is 2. The average Bonchev–Trinajstić information content (AvgIpc) is 2.30. The van der Waals surface area contributed by atoms with Gasteiger partial charge in [0, 0.05) is 17.1 Å². The third-order valence-electron chi connectivity index (χ3n) is 2.96. The van der Waals surface area contributed by atoms with Gasteiger partial charge in [0.05, 0.1) is 18.7 Å². The van der Waals surface area contributed by atoms with E-state index in [-0.39, 0.29) is 0 Å². The van der Waals surface area contributed by atoms with Crippen molar-refractivity contribution in [2.24, 2.45) is 0 Å². The Bertz CT molecular complexity index is 372. The van der Waals surface area contributed by atoms with Crippen molar-refractivity contribution in [1.29, 1.82) is 0 Å². The summed E-state index contributed by atoms with van der Waals surface area (Å²) in [5, 5.41) is 0. The maximum atomic E-state index is 12.8. The third-order valence-corrected chi connectivity index (χ3v) is 3.95. The van der Waals surface area contributed by atoms with E-state index >= 15 is 0 Å². The van der Waals surface area contributed by atoms with Crippen molar-refractivity contribution in [1.82, 2.24) is 0 Å². The standard InChI is InChI=1S/C12H14F3NS/c13-12(14,15)11-4-2-1-3-10(11)9-16-5-7-17-8-6-16/h1-4H,5-9H2/p+1. The summed E-state index contributed by atoms with van der Waals surface area (Å²) in [7, 11) is 0. The van der Waals surface area contributed by atoms with Gasteiger partial charge in [-0.25, -0.2) is 0 Å². The number of benzene rings is 1. The first-order chi connectivity index (χ1) is 8.07. The van der Waals surface area contributed by atoms with Gasteiger partial charge in [-0.1, -0.05) is 18.2 Å². The predicted molar refractivity (Wildman–Crippen MR) is 63.2 cm³/mol. The Kier molecular flexibility index (Phi) is 3.99. The molecule has 0 spiro atoms. The zero-order valence-corrected chi connectivity index (χ0v) is 10.2. The minimum atomic E-state index is -4.24. The molecule has 1 saturated heterocycles. The molecule has 0 saturated carbocycles. The molecule has 1 fully saturated rings. The first-order valence-electron chi connectivity index (χ1n) is 5.64. The van der Waals surface area contributed by atoms with Crippen molar-refractivity contribution >= 4 is 11.8 Å². The van der Waals surface area contributed by atoms with Crippen LogP contribution in [0.4, 0.5) is 13.2 Å². The first-order valence-corrected chi connectivity index (χ1v) is 6.79. The molecule has 0 bridgehead atoms. The van der Waals surface area contributed by atoms with Crippen LogP contribution in [0.2, 0.25) is 0 Å². The molecular formula is C12H15F3NS+. The fourth-order valence-corrected chi connectivity index (χ4v) is 3.13. The van der Waals surface area contributed by atoms with E-state index in [1.807, 2.05) is 11.8 Å². The van der Waals surface area contributed by atoms with Crippen molar-refractivity contribution < 1.29 is 18.1 Å². The van der Waals surface area contributed by atoms with E-state index in [2.05, 4.69) is 0 Å². The number of halogens is 3. The Labute approximate surface area is 103 Å². The van der Waals surface area contributed by atoms with Gasteiger partial charge >= 0.3 is 6.18 Å². The molecule has 0 aliphatic carbocycles. The molecule has 1 N–H and O–H groups in total. The van der Waals surface area contributed by atoms with E-state index < -0.39 is 11.7 Å². The Morgan fingerprint density at radius 3 is 2.41 bits per heavy atom. The Balaban J connectivity index is 2.14. The minimum Gasteiger partial charge on any atom is -0.330 e. The van der Waals surface area contributed by atoms with Crippen LogP contribution >= 0.6 is 11.8 Å². The molecule has 17 heavy (non-hydrogen) atoms. The van der Waals surface area contributed by atoms with Gasteiger partial charge in [-0.15, -0.1) is 0 Å². The number of thioether (sulfide) groups is 1. The topological polar surface area (TPSA) is 4.44 Å². The Morgan fingerprint density at radius 2 is 1.76 bits per heavy atom. The summed E-state index contributed by atoms with van der Waals surface area (Å²) in [6, 6.07) is 5.90. The highest BCUT2D eigenvalue weighted by molar-refractivity contribution is 7.99. The zero-order valence-electron chi connectivity index (χ0n) is 9.39. The smallest absolute Gasteiger partial charge is 0.330 e. The molecule has 1 heterocycles. The van der Waals surface area contributed by atoms with E-state index in [0.717, 1.165) is 24.6 Å². The lowest BCUT2D eigenvalue weighted by Crippen LogP contribution is -3.12. The maximum absolute atomic E-state index is 12.8. The van der Waals surface area contributed by atoms with Gasteiger partial charge < -0.3 is 4.90 Å². The van der Waals surface area contributed by atoms with Crippen LogP contribution in [0, 0.1) is 0 Å². The number of nitrogens with one attached hydrogen (secondary N) is 1. The van der Waals surface area contributed by atoms with E-state index in [1.54, 1.807) is 12.1 Å². The van der Waals surface area contributed by atoms with Crippen molar-refractivity contribution in [2.45, 2.75) is 12.7 Å². The summed E-state index contributed by atoms with van der Waals surface area (Å²) in [4.78, 5) is 1.25. The highest BCUT2D eigenvalue weighted by Gasteiger charge is 2.33. The molecule has 0 atom stereocenters. The van der Waals surface area contributed by atoms with Crippen LogP contribution in [0.15, 0.2) is 24.3 Å². The van der Waals surface area contributed by atoms with Gasteiger partial charge in [0.1, 0.15) is 6.54 Å². The lowest BCUT2D eigenvalue weighted by molar-refractivity contribution is -0.910. The molecule has 1 aromatic rings. The molecule has 0 unspecified atom stereocenters. The molecule has 0 radical (unpaired) electrons. The second kappa shape index (κ2) is 5.31. The SMILES string of the molecule is FC(F)(F)c1ccccc1C[NH+]1CCSCC1. The van der Waals surface area contributed by atoms with Gasteiger partial charge in [-0.05, 0) is 6.07 Å². The number of quaternary nitrogens is 1. The molecule has 1 aliphatic rings. The first kappa shape index (κ1) is 12.8. The van der Waals surface area contributed by atoms with E-state index in [1.165, 1.54) is 17.0 Å². The maximum Gasteiger partial charge on any atom is 0.416 e. The lowest BCUT2D eigenvalue weighted by Gasteiger charge is -2.24. The second-order valence-corrected chi connectivity index (χ2v) is 5.42. The molecular weight excluding hydrogens is 247 g/mol. The number of hydrogen-bond donors (Lipinski definition) is 1. The van der Waals surface area contributed by atoms with Gasteiger partial charge in [0.2, 0.25) is 0 Å². The summed E-state index contributed by atoms with van der Waals surface area (Å²) in [6.45, 7) is 2.39. The average molecular weight is 262 g/mol. The van der Waals surface area contributed by atoms with Gasteiger partial charge in [0.25, 0.3) is 0 Å². The van der Waals surface area contributed by atoms with Crippen molar-refractivity contribution in [3.8, 4) is 0 Å². The monoisotopic (exact) mass is 262 g/mol. The van der Waals surface area contributed by atoms with Crippen molar-refractivity contribution in [3.05, 3.63) is 35.4 Å². The number of alkyl halides is 3. The molecule has 94 valence electrons. The summed E-state index contributed by atoms with van der Waals surface area (Å²) in [5.74, 6) is 2.09. The summed E-state index contributed by atoms with van der Waals surface area (Å²) in [6.07, 6.45) is -4.24. The van der Waals surface area contributed by atoms with Crippen LogP contribution in [0.3, 0.4) is 0 Å². The quantitative estimate of drug-likeness (QED) is 0.852. The predicted octanol–water partition coefficient (Wildman–Crippen LogP) is 1.84. The van der Waals surface area contributed by atoms with Crippen LogP contribution < -0.4 is 4.90 Å². The molecule has 2 rings (SSSR count). The fourth-order valence-electron chi connectivity index (χ4n) is 2.06. The lowest BCUT2D eigenvalue weighted by atomic mass is 10.1. The largest absolute Gasteiger partial charge is 0.416 e. The van der Waals surface area contributed by atoms with Gasteiger partial charge in [-0.2, -0.15) is 24.9 Å². The van der Waals surface area contributed by atoms with E-state index in [4.69, 9.17) is 0 Å². The van der Waals surface area contributed by atoms with Crippen LogP contribution in [-0.4, -0.2) is 24.6 Å². The Hall–Kier alpha value is -0.680. The van der Waals surface area contributed by atoms with Crippen molar-refractivity contribution in [2.75, 3.05) is 24.6 Å².